The molecule has 2 N–H and O–H groups in total. The predicted molar refractivity (Wildman–Crippen MR) is 100 cm³/mol. The van der Waals surface area contributed by atoms with Gasteiger partial charge in [0.25, 0.3) is 5.91 Å². The zero-order chi connectivity index (χ0) is 21.8. The van der Waals surface area contributed by atoms with Crippen LogP contribution in [0.4, 0.5) is 13.2 Å². The number of hydrogen-bond acceptors (Lipinski definition) is 4. The van der Waals surface area contributed by atoms with Crippen molar-refractivity contribution in [3.05, 3.63) is 53.9 Å². The molecule has 0 aliphatic heterocycles. The molecule has 156 valence electrons. The van der Waals surface area contributed by atoms with Crippen molar-refractivity contribution < 1.29 is 32.2 Å². The van der Waals surface area contributed by atoms with Crippen LogP contribution in [0, 0.1) is 6.92 Å². The third-order valence-corrected chi connectivity index (χ3v) is 4.34. The first-order valence-corrected chi connectivity index (χ1v) is 8.64. The van der Waals surface area contributed by atoms with Crippen molar-refractivity contribution in [1.29, 1.82) is 0 Å². The van der Waals surface area contributed by atoms with E-state index in [1.165, 1.54) is 19.2 Å². The average molecular weight is 410 g/mol. The van der Waals surface area contributed by atoms with E-state index in [9.17, 15) is 22.8 Å². The van der Waals surface area contributed by atoms with Crippen molar-refractivity contribution in [2.45, 2.75) is 32.7 Å². The van der Waals surface area contributed by atoms with E-state index in [1.54, 1.807) is 23.6 Å². The lowest BCUT2D eigenvalue weighted by molar-refractivity contribution is -0.274. The topological polar surface area (TPSA) is 83.5 Å². The molecule has 0 atom stereocenters. The van der Waals surface area contributed by atoms with Crippen molar-refractivity contribution >= 4 is 11.9 Å². The van der Waals surface area contributed by atoms with Crippen LogP contribution in [0.25, 0.3) is 11.1 Å². The molecule has 29 heavy (non-hydrogen) atoms. The number of allylic oxidation sites excluding steroid dienone is 1. The lowest BCUT2D eigenvalue weighted by atomic mass is 9.97. The van der Waals surface area contributed by atoms with Crippen LogP contribution in [0.3, 0.4) is 0 Å². The highest BCUT2D eigenvalue weighted by atomic mass is 19.4. The highest BCUT2D eigenvalue weighted by Crippen LogP contribution is 2.36. The Labute approximate surface area is 165 Å². The molecule has 6 nitrogen and oxygen atoms in total. The van der Waals surface area contributed by atoms with Crippen LogP contribution >= 0.6 is 0 Å². The average Bonchev–Trinajstić information content (AvgIpc) is 2.91. The number of methoxy groups -OCH3 is 1. The summed E-state index contributed by atoms with van der Waals surface area (Å²) in [6.45, 7) is 5.68. The molecule has 0 radical (unpaired) electrons. The standard InChI is InChI=1S/C20H21F3N2O4/c1-4-10-25-12(2)17(19(24)27)18(15(25)8-9-16(26)28-3)13-6-5-7-14(11-13)29-20(21,22)23/h4-7,11H,1,8-10H2,2-3H3,(H2,24,27). The molecule has 2 rings (SSSR count). The number of rotatable bonds is 8. The van der Waals surface area contributed by atoms with Gasteiger partial charge in [-0.3, -0.25) is 9.59 Å². The van der Waals surface area contributed by atoms with Gasteiger partial charge in [0.1, 0.15) is 5.75 Å². The Balaban J connectivity index is 2.69. The summed E-state index contributed by atoms with van der Waals surface area (Å²) in [7, 11) is 1.25. The smallest absolute Gasteiger partial charge is 0.469 e. The van der Waals surface area contributed by atoms with Gasteiger partial charge in [-0.05, 0) is 31.0 Å². The lowest BCUT2D eigenvalue weighted by Crippen LogP contribution is -2.17. The molecule has 9 heteroatoms. The minimum absolute atomic E-state index is 0.0149. The highest BCUT2D eigenvalue weighted by molar-refractivity contribution is 6.02. The summed E-state index contributed by atoms with van der Waals surface area (Å²) in [5.74, 6) is -1.63. The maximum atomic E-state index is 12.6. The molecule has 2 aromatic rings. The van der Waals surface area contributed by atoms with Crippen molar-refractivity contribution in [1.82, 2.24) is 4.57 Å². The zero-order valence-electron chi connectivity index (χ0n) is 16.0. The Morgan fingerprint density at radius 3 is 2.55 bits per heavy atom. The molecule has 0 aliphatic rings. The fourth-order valence-electron chi connectivity index (χ4n) is 3.22. The molecule has 1 amide bonds. The Morgan fingerprint density at radius 2 is 2.00 bits per heavy atom. The number of nitrogens with zero attached hydrogens (tertiary/aromatic N) is 1. The highest BCUT2D eigenvalue weighted by Gasteiger charge is 2.31. The van der Waals surface area contributed by atoms with Gasteiger partial charge in [0, 0.05) is 23.5 Å². The second-order valence-electron chi connectivity index (χ2n) is 6.20. The predicted octanol–water partition coefficient (Wildman–Crippen LogP) is 3.75. The first-order valence-electron chi connectivity index (χ1n) is 8.64. The number of esters is 1. The van der Waals surface area contributed by atoms with Gasteiger partial charge in [-0.1, -0.05) is 18.2 Å². The van der Waals surface area contributed by atoms with E-state index in [0.717, 1.165) is 6.07 Å². The molecule has 1 heterocycles. The van der Waals surface area contributed by atoms with Crippen LogP contribution in [-0.2, 0) is 22.5 Å². The number of amides is 1. The number of nitrogens with two attached hydrogens (primary N) is 1. The van der Waals surface area contributed by atoms with Gasteiger partial charge in [0.2, 0.25) is 0 Å². The van der Waals surface area contributed by atoms with Crippen LogP contribution in [-0.4, -0.2) is 29.9 Å². The molecule has 0 aliphatic carbocycles. The monoisotopic (exact) mass is 410 g/mol. The minimum atomic E-state index is -4.86. The third-order valence-electron chi connectivity index (χ3n) is 4.34. The minimum Gasteiger partial charge on any atom is -0.469 e. The number of primary amides is 1. The summed E-state index contributed by atoms with van der Waals surface area (Å²) in [6, 6.07) is 5.26. The third kappa shape index (κ3) is 5.18. The summed E-state index contributed by atoms with van der Waals surface area (Å²) in [5, 5.41) is 0. The Morgan fingerprint density at radius 1 is 1.31 bits per heavy atom. The molecule has 0 unspecified atom stereocenters. The number of carbonyl (C=O) groups excluding carboxylic acids is 2. The molecule has 0 saturated carbocycles. The van der Waals surface area contributed by atoms with Crippen LogP contribution in [0.1, 0.15) is 28.2 Å². The van der Waals surface area contributed by atoms with Crippen LogP contribution in [0.15, 0.2) is 36.9 Å². The van der Waals surface area contributed by atoms with E-state index in [-0.39, 0.29) is 18.4 Å². The van der Waals surface area contributed by atoms with Gasteiger partial charge >= 0.3 is 12.3 Å². The van der Waals surface area contributed by atoms with Gasteiger partial charge in [-0.2, -0.15) is 0 Å². The summed E-state index contributed by atoms with van der Waals surface area (Å²) in [6.07, 6.45) is -3.05. The van der Waals surface area contributed by atoms with E-state index in [1.807, 2.05) is 0 Å². The van der Waals surface area contributed by atoms with Crippen molar-refractivity contribution in [2.75, 3.05) is 7.11 Å². The van der Waals surface area contributed by atoms with E-state index in [4.69, 9.17) is 5.73 Å². The molecule has 1 aromatic carbocycles. The number of aromatic nitrogens is 1. The summed E-state index contributed by atoms with van der Waals surface area (Å²) < 4.78 is 48.3. The van der Waals surface area contributed by atoms with Gasteiger partial charge in [0.15, 0.2) is 0 Å². The fraction of sp³-hybridized carbons (Fsp3) is 0.300. The number of halogens is 3. The molecular weight excluding hydrogens is 389 g/mol. The molecule has 1 aromatic heterocycles. The Hall–Kier alpha value is -3.23. The number of ether oxygens (including phenoxy) is 2. The van der Waals surface area contributed by atoms with Crippen LogP contribution in [0.2, 0.25) is 0 Å². The lowest BCUT2D eigenvalue weighted by Gasteiger charge is -2.13. The first-order chi connectivity index (χ1) is 13.6. The molecule has 0 fully saturated rings. The number of benzene rings is 1. The SMILES string of the molecule is C=CCn1c(C)c(C(N)=O)c(-c2cccc(OC(F)(F)F)c2)c1CCC(=O)OC. The second kappa shape index (κ2) is 8.85. The van der Waals surface area contributed by atoms with E-state index < -0.39 is 24.0 Å². The maximum absolute atomic E-state index is 12.6. The summed E-state index contributed by atoms with van der Waals surface area (Å²) in [4.78, 5) is 23.8. The molecule has 0 saturated heterocycles. The van der Waals surface area contributed by atoms with Crippen molar-refractivity contribution in [3.63, 3.8) is 0 Å². The summed E-state index contributed by atoms with van der Waals surface area (Å²) >= 11 is 0. The molecule has 0 spiro atoms. The quantitative estimate of drug-likeness (QED) is 0.531. The van der Waals surface area contributed by atoms with Gasteiger partial charge < -0.3 is 19.8 Å². The van der Waals surface area contributed by atoms with E-state index in [2.05, 4.69) is 16.1 Å². The Bertz CT molecular complexity index is 933. The molecular formula is C20H21F3N2O4. The zero-order valence-corrected chi connectivity index (χ0v) is 16.0. The van der Waals surface area contributed by atoms with Gasteiger partial charge in [-0.25, -0.2) is 0 Å². The van der Waals surface area contributed by atoms with Crippen molar-refractivity contribution in [2.24, 2.45) is 5.73 Å². The van der Waals surface area contributed by atoms with Gasteiger partial charge in [0.05, 0.1) is 19.1 Å². The maximum Gasteiger partial charge on any atom is 0.573 e. The van der Waals surface area contributed by atoms with Gasteiger partial charge in [-0.15, -0.1) is 19.8 Å². The fourth-order valence-corrected chi connectivity index (χ4v) is 3.22. The number of hydrogen-bond donors (Lipinski definition) is 1. The summed E-state index contributed by atoms with van der Waals surface area (Å²) in [5.41, 5.74) is 7.48. The van der Waals surface area contributed by atoms with Crippen LogP contribution < -0.4 is 10.5 Å². The van der Waals surface area contributed by atoms with Crippen molar-refractivity contribution in [3.8, 4) is 16.9 Å². The van der Waals surface area contributed by atoms with E-state index in [0.29, 0.717) is 29.1 Å². The normalized spacial score (nSPS) is 11.2. The largest absolute Gasteiger partial charge is 0.573 e. The Kier molecular flexibility index (Phi) is 6.73. The number of carbonyl (C=O) groups is 2. The second-order valence-corrected chi connectivity index (χ2v) is 6.20. The van der Waals surface area contributed by atoms with E-state index >= 15 is 0 Å². The van der Waals surface area contributed by atoms with Crippen LogP contribution in [0.5, 0.6) is 5.75 Å². The number of alkyl halides is 3. The first kappa shape index (κ1) is 22.1. The molecule has 0 bridgehead atoms.